The molecule has 1 amide bonds. The fraction of sp³-hybridized carbons (Fsp3) is 0.526. The van der Waals surface area contributed by atoms with E-state index in [0.717, 1.165) is 31.5 Å². The molecule has 2 rings (SSSR count). The van der Waals surface area contributed by atoms with Crippen LogP contribution in [0.4, 0.5) is 5.69 Å². The summed E-state index contributed by atoms with van der Waals surface area (Å²) in [4.78, 5) is 14.7. The van der Waals surface area contributed by atoms with Crippen LogP contribution in [0.25, 0.3) is 0 Å². The largest absolute Gasteiger partial charge is 0.495 e. The molecular formula is C19H31N3O2. The highest BCUT2D eigenvalue weighted by atomic mass is 16.5. The number of carbonyl (C=O) groups excluding carboxylic acids is 1. The van der Waals surface area contributed by atoms with Crippen LogP contribution in [-0.2, 0) is 0 Å². The van der Waals surface area contributed by atoms with E-state index in [2.05, 4.69) is 17.3 Å². The van der Waals surface area contributed by atoms with Gasteiger partial charge in [-0.3, -0.25) is 4.79 Å². The number of nitrogens with two attached hydrogens (primary N) is 1. The highest BCUT2D eigenvalue weighted by Crippen LogP contribution is 2.25. The quantitative estimate of drug-likeness (QED) is 0.659. The lowest BCUT2D eigenvalue weighted by molar-refractivity contribution is 0.0916. The van der Waals surface area contributed by atoms with Crippen molar-refractivity contribution in [2.24, 2.45) is 0 Å². The topological polar surface area (TPSA) is 67.6 Å². The number of benzene rings is 1. The van der Waals surface area contributed by atoms with Crippen LogP contribution >= 0.6 is 0 Å². The lowest BCUT2D eigenvalue weighted by Crippen LogP contribution is -2.43. The van der Waals surface area contributed by atoms with E-state index < -0.39 is 0 Å². The van der Waals surface area contributed by atoms with E-state index in [-0.39, 0.29) is 11.9 Å². The predicted molar refractivity (Wildman–Crippen MR) is 101 cm³/mol. The summed E-state index contributed by atoms with van der Waals surface area (Å²) in [5.41, 5.74) is 7.90. The Morgan fingerprint density at radius 3 is 2.38 bits per heavy atom. The van der Waals surface area contributed by atoms with Gasteiger partial charge in [0.25, 0.3) is 5.91 Å². The first-order chi connectivity index (χ1) is 11.4. The summed E-state index contributed by atoms with van der Waals surface area (Å²) in [5, 5.41) is 3.11. The van der Waals surface area contributed by atoms with Gasteiger partial charge in [0, 0.05) is 11.6 Å². The molecule has 0 aliphatic carbocycles. The SMILES string of the molecule is C/C=C\C.COc1cc(C(=O)NC2CCN(C)CC2)c(C)cc1N. The van der Waals surface area contributed by atoms with Gasteiger partial charge in [0.2, 0.25) is 0 Å². The van der Waals surface area contributed by atoms with Crippen LogP contribution in [0, 0.1) is 6.92 Å². The van der Waals surface area contributed by atoms with Crippen molar-refractivity contribution in [1.29, 1.82) is 0 Å². The first-order valence-electron chi connectivity index (χ1n) is 8.43. The predicted octanol–water partition coefficient (Wildman–Crippen LogP) is 2.99. The monoisotopic (exact) mass is 333 g/mol. The van der Waals surface area contributed by atoms with Gasteiger partial charge < -0.3 is 20.7 Å². The van der Waals surface area contributed by atoms with Crippen LogP contribution in [0.1, 0.15) is 42.6 Å². The van der Waals surface area contributed by atoms with Crippen molar-refractivity contribution < 1.29 is 9.53 Å². The maximum Gasteiger partial charge on any atom is 0.251 e. The molecule has 3 N–H and O–H groups in total. The molecule has 134 valence electrons. The Labute approximate surface area is 145 Å². The second-order valence-corrected chi connectivity index (χ2v) is 6.13. The molecule has 0 saturated carbocycles. The molecule has 1 aromatic rings. The molecule has 5 heteroatoms. The zero-order valence-electron chi connectivity index (χ0n) is 15.6. The van der Waals surface area contributed by atoms with Gasteiger partial charge in [-0.05, 0) is 71.4 Å². The van der Waals surface area contributed by atoms with Gasteiger partial charge in [0.1, 0.15) is 5.75 Å². The summed E-state index contributed by atoms with van der Waals surface area (Å²) in [6.45, 7) is 7.93. The van der Waals surface area contributed by atoms with E-state index >= 15 is 0 Å². The summed E-state index contributed by atoms with van der Waals surface area (Å²) < 4.78 is 5.18. The number of piperidine rings is 1. The average molecular weight is 333 g/mol. The Bertz CT molecular complexity index is 558. The first kappa shape index (κ1) is 20.0. The third-order valence-electron chi connectivity index (χ3n) is 4.21. The number of nitrogen functional groups attached to an aromatic ring is 1. The number of hydrogen-bond acceptors (Lipinski definition) is 4. The normalized spacial score (nSPS) is 15.7. The zero-order valence-corrected chi connectivity index (χ0v) is 15.6. The van der Waals surface area contributed by atoms with E-state index in [4.69, 9.17) is 10.5 Å². The third-order valence-corrected chi connectivity index (χ3v) is 4.21. The maximum absolute atomic E-state index is 12.4. The van der Waals surface area contributed by atoms with Crippen molar-refractivity contribution in [3.05, 3.63) is 35.4 Å². The highest BCUT2D eigenvalue weighted by molar-refractivity contribution is 5.97. The first-order valence-corrected chi connectivity index (χ1v) is 8.43. The summed E-state index contributed by atoms with van der Waals surface area (Å²) in [6, 6.07) is 3.75. The molecule has 1 saturated heterocycles. The number of hydrogen-bond donors (Lipinski definition) is 2. The van der Waals surface area contributed by atoms with Gasteiger partial charge in [0.15, 0.2) is 0 Å². The Morgan fingerprint density at radius 1 is 1.29 bits per heavy atom. The van der Waals surface area contributed by atoms with E-state index in [0.29, 0.717) is 17.0 Å². The molecule has 0 unspecified atom stereocenters. The van der Waals surface area contributed by atoms with E-state index in [1.807, 2.05) is 32.9 Å². The fourth-order valence-electron chi connectivity index (χ4n) is 2.55. The second-order valence-electron chi connectivity index (χ2n) is 6.13. The van der Waals surface area contributed by atoms with E-state index in [1.165, 1.54) is 0 Å². The number of aryl methyl sites for hydroxylation is 1. The smallest absolute Gasteiger partial charge is 0.251 e. The number of nitrogens with one attached hydrogen (secondary N) is 1. The number of anilines is 1. The van der Waals surface area contributed by atoms with Crippen molar-refractivity contribution >= 4 is 11.6 Å². The van der Waals surface area contributed by atoms with Gasteiger partial charge in [-0.15, -0.1) is 0 Å². The summed E-state index contributed by atoms with van der Waals surface area (Å²) in [5.74, 6) is 0.500. The molecule has 0 bridgehead atoms. The third kappa shape index (κ3) is 5.89. The van der Waals surface area contributed by atoms with Crippen LogP contribution in [0.3, 0.4) is 0 Å². The molecule has 24 heavy (non-hydrogen) atoms. The lowest BCUT2D eigenvalue weighted by Gasteiger charge is -2.29. The molecule has 1 heterocycles. The zero-order chi connectivity index (χ0) is 18.1. The summed E-state index contributed by atoms with van der Waals surface area (Å²) in [6.07, 6.45) is 5.99. The molecule has 1 fully saturated rings. The lowest BCUT2D eigenvalue weighted by atomic mass is 10.0. The van der Waals surface area contributed by atoms with Crippen LogP contribution < -0.4 is 15.8 Å². The molecule has 0 spiro atoms. The number of allylic oxidation sites excluding steroid dienone is 2. The van der Waals surface area contributed by atoms with Gasteiger partial charge in [-0.2, -0.15) is 0 Å². The Balaban J connectivity index is 0.000000648. The van der Waals surface area contributed by atoms with Gasteiger partial charge >= 0.3 is 0 Å². The molecule has 0 atom stereocenters. The minimum absolute atomic E-state index is 0.0460. The number of nitrogens with zero attached hydrogens (tertiary/aromatic N) is 1. The molecule has 5 nitrogen and oxygen atoms in total. The number of likely N-dealkylation sites (tertiary alicyclic amines) is 1. The van der Waals surface area contributed by atoms with Gasteiger partial charge in [0.05, 0.1) is 12.8 Å². The van der Waals surface area contributed by atoms with E-state index in [1.54, 1.807) is 19.2 Å². The standard InChI is InChI=1S/C15H23N3O2.C4H8/c1-10-8-13(16)14(20-3)9-12(10)15(19)17-11-4-6-18(2)7-5-11;1-3-4-2/h8-9,11H,4-7,16H2,1-3H3,(H,17,19);3-4H,1-2H3/b;4-3-. The maximum atomic E-state index is 12.4. The molecule has 1 aromatic carbocycles. The van der Waals surface area contributed by atoms with Crippen LogP contribution in [0.2, 0.25) is 0 Å². The second kappa shape index (κ2) is 9.98. The highest BCUT2D eigenvalue weighted by Gasteiger charge is 2.20. The Hall–Kier alpha value is -2.01. The summed E-state index contributed by atoms with van der Waals surface area (Å²) >= 11 is 0. The number of rotatable bonds is 3. The van der Waals surface area contributed by atoms with E-state index in [9.17, 15) is 4.79 Å². The van der Waals surface area contributed by atoms with Crippen molar-refractivity contribution in [3.8, 4) is 5.75 Å². The number of carbonyl (C=O) groups is 1. The van der Waals surface area contributed by atoms with Crippen molar-refractivity contribution in [1.82, 2.24) is 10.2 Å². The van der Waals surface area contributed by atoms with Gasteiger partial charge in [-0.25, -0.2) is 0 Å². The molecule has 0 aromatic heterocycles. The molecule has 1 aliphatic heterocycles. The minimum atomic E-state index is -0.0460. The number of methoxy groups -OCH3 is 1. The number of amides is 1. The number of ether oxygens (including phenoxy) is 1. The molecule has 0 radical (unpaired) electrons. The van der Waals surface area contributed by atoms with Crippen molar-refractivity contribution in [2.45, 2.75) is 39.7 Å². The Kier molecular flexibility index (Phi) is 8.33. The minimum Gasteiger partial charge on any atom is -0.495 e. The van der Waals surface area contributed by atoms with Crippen LogP contribution in [0.5, 0.6) is 5.75 Å². The van der Waals surface area contributed by atoms with Crippen LogP contribution in [0.15, 0.2) is 24.3 Å². The van der Waals surface area contributed by atoms with Crippen molar-refractivity contribution in [3.63, 3.8) is 0 Å². The van der Waals surface area contributed by atoms with Crippen LogP contribution in [-0.4, -0.2) is 44.1 Å². The molecular weight excluding hydrogens is 302 g/mol. The molecule has 1 aliphatic rings. The Morgan fingerprint density at radius 2 is 1.88 bits per heavy atom. The average Bonchev–Trinajstić information content (AvgIpc) is 2.57. The van der Waals surface area contributed by atoms with Crippen molar-refractivity contribution in [2.75, 3.05) is 33.0 Å². The summed E-state index contributed by atoms with van der Waals surface area (Å²) in [7, 11) is 3.66. The fourth-order valence-corrected chi connectivity index (χ4v) is 2.55. The van der Waals surface area contributed by atoms with Gasteiger partial charge in [-0.1, -0.05) is 12.2 Å².